The van der Waals surface area contributed by atoms with E-state index in [4.69, 9.17) is 5.73 Å². The van der Waals surface area contributed by atoms with Crippen LogP contribution in [-0.4, -0.2) is 78.1 Å². The van der Waals surface area contributed by atoms with Crippen LogP contribution in [0.4, 0.5) is 0 Å². The average molecular weight is 297 g/mol. The molecule has 0 radical (unpaired) electrons. The van der Waals surface area contributed by atoms with Gasteiger partial charge in [0, 0.05) is 63.4 Å². The highest BCUT2D eigenvalue weighted by Crippen LogP contribution is 2.30. The van der Waals surface area contributed by atoms with E-state index in [1.807, 2.05) is 0 Å². The molecule has 0 bridgehead atoms. The predicted molar refractivity (Wildman–Crippen MR) is 90.6 cm³/mol. The zero-order chi connectivity index (χ0) is 15.5. The molecule has 0 aliphatic carbocycles. The summed E-state index contributed by atoms with van der Waals surface area (Å²) in [5, 5.41) is 0. The van der Waals surface area contributed by atoms with E-state index >= 15 is 0 Å². The average Bonchev–Trinajstić information content (AvgIpc) is 2.54. The number of hydrogen-bond acceptors (Lipinski definition) is 4. The van der Waals surface area contributed by atoms with Crippen LogP contribution in [0.15, 0.2) is 0 Å². The minimum absolute atomic E-state index is 0.271. The second-order valence-corrected chi connectivity index (χ2v) is 7.34. The number of piperidine rings is 1. The fourth-order valence-corrected chi connectivity index (χ4v) is 4.00. The normalized spacial score (nSPS) is 27.1. The Balaban J connectivity index is 1.91. The molecule has 1 atom stereocenters. The topological polar surface area (TPSA) is 35.7 Å². The SMILES string of the molecule is CCC(C)N1CCN(C2(CN)CCN(C(C)C)CC2)CC1. The Hall–Kier alpha value is -0.160. The van der Waals surface area contributed by atoms with Crippen LogP contribution in [0, 0.1) is 0 Å². The quantitative estimate of drug-likeness (QED) is 0.836. The molecule has 2 aliphatic rings. The number of piperazine rings is 1. The van der Waals surface area contributed by atoms with E-state index in [1.54, 1.807) is 0 Å². The van der Waals surface area contributed by atoms with Crippen LogP contribution in [0.2, 0.25) is 0 Å². The summed E-state index contributed by atoms with van der Waals surface area (Å²) in [6.07, 6.45) is 3.74. The molecule has 0 aromatic carbocycles. The molecule has 21 heavy (non-hydrogen) atoms. The van der Waals surface area contributed by atoms with Gasteiger partial charge in [0.15, 0.2) is 0 Å². The molecule has 2 fully saturated rings. The van der Waals surface area contributed by atoms with Gasteiger partial charge in [-0.3, -0.25) is 9.80 Å². The van der Waals surface area contributed by atoms with Gasteiger partial charge in [-0.25, -0.2) is 0 Å². The van der Waals surface area contributed by atoms with Gasteiger partial charge in [0.25, 0.3) is 0 Å². The Morgan fingerprint density at radius 3 is 1.90 bits per heavy atom. The van der Waals surface area contributed by atoms with Crippen LogP contribution in [-0.2, 0) is 0 Å². The van der Waals surface area contributed by atoms with Gasteiger partial charge in [-0.2, -0.15) is 0 Å². The van der Waals surface area contributed by atoms with Gasteiger partial charge in [-0.1, -0.05) is 6.92 Å². The maximum atomic E-state index is 6.24. The third-order valence-electron chi connectivity index (χ3n) is 6.04. The number of nitrogens with two attached hydrogens (primary N) is 1. The van der Waals surface area contributed by atoms with Crippen molar-refractivity contribution in [3.8, 4) is 0 Å². The number of hydrogen-bond donors (Lipinski definition) is 1. The zero-order valence-electron chi connectivity index (χ0n) is 14.6. The molecule has 0 amide bonds. The van der Waals surface area contributed by atoms with E-state index < -0.39 is 0 Å². The van der Waals surface area contributed by atoms with Crippen LogP contribution in [0.1, 0.15) is 47.0 Å². The maximum absolute atomic E-state index is 6.24. The Kier molecular flexibility index (Phi) is 6.06. The molecule has 4 heteroatoms. The standard InChI is InChI=1S/C17H36N4/c1-5-16(4)20-10-12-21(13-11-20)17(14-18)6-8-19(9-7-17)15(2)3/h15-16H,5-14,18H2,1-4H3. The molecule has 0 spiro atoms. The van der Waals surface area contributed by atoms with Crippen LogP contribution < -0.4 is 5.73 Å². The molecular formula is C17H36N4. The third-order valence-corrected chi connectivity index (χ3v) is 6.04. The van der Waals surface area contributed by atoms with E-state index in [9.17, 15) is 0 Å². The molecule has 1 unspecified atom stereocenters. The van der Waals surface area contributed by atoms with Crippen LogP contribution >= 0.6 is 0 Å². The largest absolute Gasteiger partial charge is 0.329 e. The van der Waals surface area contributed by atoms with Gasteiger partial charge in [0.2, 0.25) is 0 Å². The summed E-state index contributed by atoms with van der Waals surface area (Å²) in [5.41, 5.74) is 6.51. The van der Waals surface area contributed by atoms with E-state index in [1.165, 1.54) is 58.5 Å². The lowest BCUT2D eigenvalue weighted by atomic mass is 9.84. The summed E-state index contributed by atoms with van der Waals surface area (Å²) in [7, 11) is 0. The van der Waals surface area contributed by atoms with Crippen LogP contribution in [0.3, 0.4) is 0 Å². The van der Waals surface area contributed by atoms with Gasteiger partial charge in [0.1, 0.15) is 0 Å². The highest BCUT2D eigenvalue weighted by molar-refractivity contribution is 4.98. The molecule has 124 valence electrons. The summed E-state index contributed by atoms with van der Waals surface area (Å²) in [5.74, 6) is 0. The summed E-state index contributed by atoms with van der Waals surface area (Å²) in [6, 6.07) is 1.40. The first kappa shape index (κ1) is 17.2. The fraction of sp³-hybridized carbons (Fsp3) is 1.00. The summed E-state index contributed by atoms with van der Waals surface area (Å²) >= 11 is 0. The Bertz CT molecular complexity index is 302. The molecule has 2 rings (SSSR count). The Labute approximate surface area is 131 Å². The maximum Gasteiger partial charge on any atom is 0.0357 e. The van der Waals surface area contributed by atoms with Crippen molar-refractivity contribution in [2.75, 3.05) is 45.8 Å². The lowest BCUT2D eigenvalue weighted by Crippen LogP contribution is -2.64. The molecule has 0 aromatic rings. The van der Waals surface area contributed by atoms with Crippen molar-refractivity contribution in [1.29, 1.82) is 0 Å². The summed E-state index contributed by atoms with van der Waals surface area (Å²) < 4.78 is 0. The molecule has 2 aliphatic heterocycles. The summed E-state index contributed by atoms with van der Waals surface area (Å²) in [4.78, 5) is 7.96. The minimum Gasteiger partial charge on any atom is -0.329 e. The van der Waals surface area contributed by atoms with E-state index in [0.717, 1.165) is 12.6 Å². The van der Waals surface area contributed by atoms with E-state index in [0.29, 0.717) is 6.04 Å². The van der Waals surface area contributed by atoms with Crippen molar-refractivity contribution in [1.82, 2.24) is 14.7 Å². The molecule has 4 nitrogen and oxygen atoms in total. The molecule has 2 heterocycles. The molecular weight excluding hydrogens is 260 g/mol. The van der Waals surface area contributed by atoms with Gasteiger partial charge >= 0.3 is 0 Å². The van der Waals surface area contributed by atoms with Gasteiger partial charge in [0.05, 0.1) is 0 Å². The van der Waals surface area contributed by atoms with Gasteiger partial charge in [-0.15, -0.1) is 0 Å². The summed E-state index contributed by atoms with van der Waals surface area (Å²) in [6.45, 7) is 17.3. The molecule has 2 N–H and O–H groups in total. The number of likely N-dealkylation sites (tertiary alicyclic amines) is 1. The second kappa shape index (κ2) is 7.40. The monoisotopic (exact) mass is 296 g/mol. The highest BCUT2D eigenvalue weighted by atomic mass is 15.3. The number of rotatable bonds is 5. The Morgan fingerprint density at radius 2 is 1.48 bits per heavy atom. The first-order chi connectivity index (χ1) is 10.0. The van der Waals surface area contributed by atoms with Crippen molar-refractivity contribution >= 4 is 0 Å². The highest BCUT2D eigenvalue weighted by Gasteiger charge is 2.40. The zero-order valence-corrected chi connectivity index (χ0v) is 14.6. The first-order valence-electron chi connectivity index (χ1n) is 8.95. The second-order valence-electron chi connectivity index (χ2n) is 7.34. The van der Waals surface area contributed by atoms with E-state index in [-0.39, 0.29) is 5.54 Å². The third kappa shape index (κ3) is 3.79. The van der Waals surface area contributed by atoms with Crippen molar-refractivity contribution in [2.24, 2.45) is 5.73 Å². The molecule has 0 saturated carbocycles. The molecule has 2 saturated heterocycles. The van der Waals surface area contributed by atoms with Crippen molar-refractivity contribution < 1.29 is 0 Å². The van der Waals surface area contributed by atoms with Crippen molar-refractivity contribution in [3.05, 3.63) is 0 Å². The van der Waals surface area contributed by atoms with Crippen molar-refractivity contribution in [2.45, 2.75) is 64.6 Å². The van der Waals surface area contributed by atoms with Gasteiger partial charge in [-0.05, 0) is 40.0 Å². The van der Waals surface area contributed by atoms with Gasteiger partial charge < -0.3 is 10.6 Å². The minimum atomic E-state index is 0.271. The van der Waals surface area contributed by atoms with E-state index in [2.05, 4.69) is 42.4 Å². The fourth-order valence-electron chi connectivity index (χ4n) is 4.00. The predicted octanol–water partition coefficient (Wildman–Crippen LogP) is 1.60. The molecule has 0 aromatic heterocycles. The van der Waals surface area contributed by atoms with Crippen molar-refractivity contribution in [3.63, 3.8) is 0 Å². The van der Waals surface area contributed by atoms with Crippen LogP contribution in [0.5, 0.6) is 0 Å². The lowest BCUT2D eigenvalue weighted by molar-refractivity contribution is -0.0181. The lowest BCUT2D eigenvalue weighted by Gasteiger charge is -2.52. The smallest absolute Gasteiger partial charge is 0.0357 e. The Morgan fingerprint density at radius 1 is 0.905 bits per heavy atom. The number of nitrogens with zero attached hydrogens (tertiary/aromatic N) is 3. The van der Waals surface area contributed by atoms with Crippen LogP contribution in [0.25, 0.3) is 0 Å². The first-order valence-corrected chi connectivity index (χ1v) is 8.95.